The van der Waals surface area contributed by atoms with Crippen molar-refractivity contribution in [1.29, 1.82) is 0 Å². The van der Waals surface area contributed by atoms with Crippen LogP contribution in [0.25, 0.3) is 0 Å². The zero-order valence-electron chi connectivity index (χ0n) is 8.14. The Kier molecular flexibility index (Phi) is 2.60. The zero-order chi connectivity index (χ0) is 9.97. The molecule has 14 heavy (non-hydrogen) atoms. The van der Waals surface area contributed by atoms with E-state index in [1.165, 1.54) is 0 Å². The van der Waals surface area contributed by atoms with Crippen molar-refractivity contribution in [3.05, 3.63) is 34.8 Å². The molecule has 0 aliphatic carbocycles. The van der Waals surface area contributed by atoms with Crippen LogP contribution >= 0.6 is 11.3 Å². The fourth-order valence-electron chi connectivity index (χ4n) is 1.42. The van der Waals surface area contributed by atoms with Crippen LogP contribution in [0.4, 0.5) is 0 Å². The number of nitrogens with zero attached hydrogens (tertiary/aromatic N) is 3. The maximum Gasteiger partial charge on any atom is 0.116 e. The van der Waals surface area contributed by atoms with Crippen LogP contribution in [-0.4, -0.2) is 21.6 Å². The van der Waals surface area contributed by atoms with E-state index in [4.69, 9.17) is 0 Å². The first-order chi connectivity index (χ1) is 6.83. The fourth-order valence-corrected chi connectivity index (χ4v) is 2.18. The van der Waals surface area contributed by atoms with Crippen molar-refractivity contribution in [1.82, 2.24) is 19.9 Å². The van der Waals surface area contributed by atoms with Gasteiger partial charge in [-0.05, 0) is 7.05 Å². The molecule has 2 aromatic heterocycles. The van der Waals surface area contributed by atoms with E-state index in [1.54, 1.807) is 17.7 Å². The molecule has 0 saturated heterocycles. The van der Waals surface area contributed by atoms with E-state index in [0.29, 0.717) is 0 Å². The van der Waals surface area contributed by atoms with E-state index in [9.17, 15) is 0 Å². The van der Waals surface area contributed by atoms with Crippen LogP contribution in [-0.2, 0) is 7.05 Å². The normalized spacial score (nSPS) is 13.0. The molecule has 0 aromatic carbocycles. The summed E-state index contributed by atoms with van der Waals surface area (Å²) in [5, 5.41) is 6.28. The van der Waals surface area contributed by atoms with Crippen LogP contribution in [0.1, 0.15) is 16.7 Å². The summed E-state index contributed by atoms with van der Waals surface area (Å²) in [7, 11) is 3.92. The molecule has 0 spiro atoms. The molecular weight excluding hydrogens is 196 g/mol. The quantitative estimate of drug-likeness (QED) is 0.823. The second-order valence-corrected chi connectivity index (χ2v) is 3.95. The van der Waals surface area contributed by atoms with E-state index >= 15 is 0 Å². The largest absolute Gasteiger partial charge is 0.336 e. The molecule has 1 unspecified atom stereocenters. The SMILES string of the molecule is CNC(c1nccs1)c1cncn1C. The van der Waals surface area contributed by atoms with Crippen LogP contribution in [0.15, 0.2) is 24.1 Å². The molecule has 2 rings (SSSR count). The molecule has 0 saturated carbocycles. The molecule has 0 amide bonds. The van der Waals surface area contributed by atoms with Gasteiger partial charge in [0.25, 0.3) is 0 Å². The predicted octanol–water partition coefficient (Wildman–Crippen LogP) is 1.19. The fraction of sp³-hybridized carbons (Fsp3) is 0.333. The summed E-state index contributed by atoms with van der Waals surface area (Å²) in [5.41, 5.74) is 1.13. The van der Waals surface area contributed by atoms with Crippen molar-refractivity contribution in [3.63, 3.8) is 0 Å². The van der Waals surface area contributed by atoms with Crippen LogP contribution < -0.4 is 5.32 Å². The van der Waals surface area contributed by atoms with Gasteiger partial charge in [-0.15, -0.1) is 11.3 Å². The molecule has 2 heterocycles. The van der Waals surface area contributed by atoms with Crippen molar-refractivity contribution in [3.8, 4) is 0 Å². The third-order valence-corrected chi connectivity index (χ3v) is 2.98. The van der Waals surface area contributed by atoms with Crippen molar-refractivity contribution in [2.24, 2.45) is 7.05 Å². The Labute approximate surface area is 86.6 Å². The van der Waals surface area contributed by atoms with Gasteiger partial charge >= 0.3 is 0 Å². The van der Waals surface area contributed by atoms with Crippen molar-refractivity contribution >= 4 is 11.3 Å². The van der Waals surface area contributed by atoms with Gasteiger partial charge in [0.2, 0.25) is 0 Å². The maximum absolute atomic E-state index is 4.30. The first kappa shape index (κ1) is 9.36. The maximum atomic E-state index is 4.30. The number of aromatic nitrogens is 3. The Morgan fingerprint density at radius 3 is 2.93 bits per heavy atom. The van der Waals surface area contributed by atoms with Gasteiger partial charge in [0.05, 0.1) is 18.2 Å². The Hall–Kier alpha value is -1.20. The van der Waals surface area contributed by atoms with Gasteiger partial charge in [-0.2, -0.15) is 0 Å². The highest BCUT2D eigenvalue weighted by Crippen LogP contribution is 2.22. The van der Waals surface area contributed by atoms with Gasteiger partial charge in [-0.25, -0.2) is 9.97 Å². The van der Waals surface area contributed by atoms with Crippen molar-refractivity contribution in [2.45, 2.75) is 6.04 Å². The van der Waals surface area contributed by atoms with E-state index in [0.717, 1.165) is 10.7 Å². The van der Waals surface area contributed by atoms with Crippen LogP contribution in [0, 0.1) is 0 Å². The van der Waals surface area contributed by atoms with Crippen LogP contribution in [0.2, 0.25) is 0 Å². The molecular formula is C9H12N4S. The highest BCUT2D eigenvalue weighted by Gasteiger charge is 2.16. The number of nitrogens with one attached hydrogen (secondary N) is 1. The molecule has 0 aliphatic heterocycles. The third-order valence-electron chi connectivity index (χ3n) is 2.14. The van der Waals surface area contributed by atoms with Gasteiger partial charge in [-0.3, -0.25) is 0 Å². The molecule has 1 N–H and O–H groups in total. The number of aryl methyl sites for hydroxylation is 1. The molecule has 4 nitrogen and oxygen atoms in total. The van der Waals surface area contributed by atoms with Crippen molar-refractivity contribution in [2.75, 3.05) is 7.05 Å². The molecule has 0 aliphatic rings. The number of thiazole rings is 1. The Bertz CT molecular complexity index is 393. The molecule has 0 radical (unpaired) electrons. The second kappa shape index (κ2) is 3.89. The average molecular weight is 208 g/mol. The summed E-state index contributed by atoms with van der Waals surface area (Å²) in [6.07, 6.45) is 5.48. The molecule has 5 heteroatoms. The van der Waals surface area contributed by atoms with E-state index < -0.39 is 0 Å². The Morgan fingerprint density at radius 2 is 2.43 bits per heavy atom. The molecule has 0 bridgehead atoms. The van der Waals surface area contributed by atoms with E-state index in [2.05, 4.69) is 15.3 Å². The van der Waals surface area contributed by atoms with Crippen LogP contribution in [0.3, 0.4) is 0 Å². The summed E-state index contributed by atoms with van der Waals surface area (Å²) in [6, 6.07) is 0.141. The summed E-state index contributed by atoms with van der Waals surface area (Å²) in [6.45, 7) is 0. The molecule has 74 valence electrons. The number of imidazole rings is 1. The molecule has 0 fully saturated rings. The minimum Gasteiger partial charge on any atom is -0.336 e. The predicted molar refractivity (Wildman–Crippen MR) is 56.2 cm³/mol. The van der Waals surface area contributed by atoms with Crippen LogP contribution in [0.5, 0.6) is 0 Å². The minimum absolute atomic E-state index is 0.141. The number of hydrogen-bond donors (Lipinski definition) is 1. The zero-order valence-corrected chi connectivity index (χ0v) is 8.95. The van der Waals surface area contributed by atoms with E-state index in [1.807, 2.05) is 36.4 Å². The Morgan fingerprint density at radius 1 is 1.57 bits per heavy atom. The summed E-state index contributed by atoms with van der Waals surface area (Å²) < 4.78 is 2.00. The number of rotatable bonds is 3. The van der Waals surface area contributed by atoms with Crippen molar-refractivity contribution < 1.29 is 0 Å². The average Bonchev–Trinajstić information content (AvgIpc) is 2.80. The smallest absolute Gasteiger partial charge is 0.116 e. The summed E-state index contributed by atoms with van der Waals surface area (Å²) in [4.78, 5) is 8.40. The lowest BCUT2D eigenvalue weighted by Crippen LogP contribution is -2.19. The minimum atomic E-state index is 0.141. The molecule has 2 aromatic rings. The first-order valence-corrected chi connectivity index (χ1v) is 5.23. The highest BCUT2D eigenvalue weighted by atomic mass is 32.1. The first-order valence-electron chi connectivity index (χ1n) is 4.36. The summed E-state index contributed by atoms with van der Waals surface area (Å²) >= 11 is 1.65. The van der Waals surface area contributed by atoms with Gasteiger partial charge in [-0.1, -0.05) is 0 Å². The monoisotopic (exact) mass is 208 g/mol. The number of hydrogen-bond acceptors (Lipinski definition) is 4. The second-order valence-electron chi connectivity index (χ2n) is 3.02. The van der Waals surface area contributed by atoms with Gasteiger partial charge in [0.15, 0.2) is 0 Å². The topological polar surface area (TPSA) is 42.7 Å². The molecule has 1 atom stereocenters. The van der Waals surface area contributed by atoms with Gasteiger partial charge < -0.3 is 9.88 Å². The highest BCUT2D eigenvalue weighted by molar-refractivity contribution is 7.09. The lowest BCUT2D eigenvalue weighted by molar-refractivity contribution is 0.634. The standard InChI is InChI=1S/C9H12N4S/c1-10-8(9-12-3-4-14-9)7-5-11-6-13(7)2/h3-6,8,10H,1-2H3. The third kappa shape index (κ3) is 1.56. The Balaban J connectivity index is 2.36. The lowest BCUT2D eigenvalue weighted by atomic mass is 10.2. The van der Waals surface area contributed by atoms with E-state index in [-0.39, 0.29) is 6.04 Å². The van der Waals surface area contributed by atoms with Gasteiger partial charge in [0.1, 0.15) is 11.0 Å². The lowest BCUT2D eigenvalue weighted by Gasteiger charge is -2.13. The van der Waals surface area contributed by atoms with Gasteiger partial charge in [0, 0.05) is 18.6 Å². The summed E-state index contributed by atoms with van der Waals surface area (Å²) in [5.74, 6) is 0.